The molecule has 4 unspecified atom stereocenters. The van der Waals surface area contributed by atoms with Gasteiger partial charge in [-0.3, -0.25) is 4.79 Å². The van der Waals surface area contributed by atoms with Crippen LogP contribution in [0.2, 0.25) is 0 Å². The zero-order valence-corrected chi connectivity index (χ0v) is 6.73. The van der Waals surface area contributed by atoms with Crippen molar-refractivity contribution in [1.29, 1.82) is 0 Å². The molecule has 4 aliphatic heterocycles. The molecule has 0 aromatic carbocycles. The molecule has 0 spiro atoms. The van der Waals surface area contributed by atoms with E-state index in [4.69, 9.17) is 4.74 Å². The molecule has 12 heavy (non-hydrogen) atoms. The number of carbonyl (C=O) groups excluding carboxylic acids is 1. The van der Waals surface area contributed by atoms with Crippen LogP contribution in [-0.4, -0.2) is 47.2 Å². The van der Waals surface area contributed by atoms with Gasteiger partial charge in [-0.15, -0.1) is 0 Å². The number of carbonyl (C=O) groups is 1. The third-order valence-corrected chi connectivity index (χ3v) is 3.82. The first kappa shape index (κ1) is 5.94. The highest BCUT2D eigenvalue weighted by molar-refractivity contribution is 5.77. The number of likely N-dealkylation sites (tertiary alicyclic amines) is 1. The predicted molar refractivity (Wildman–Crippen MR) is 39.5 cm³/mol. The lowest BCUT2D eigenvalue weighted by atomic mass is 9.67. The molecule has 4 aliphatic rings. The Balaban J connectivity index is 1.79. The van der Waals surface area contributed by atoms with Crippen molar-refractivity contribution >= 4 is 5.91 Å². The van der Waals surface area contributed by atoms with Crippen LogP contribution in [-0.2, 0) is 9.53 Å². The molecule has 4 atom stereocenters. The molecule has 4 heteroatoms. The number of rotatable bonds is 0. The topological polar surface area (TPSA) is 41.6 Å². The van der Waals surface area contributed by atoms with Gasteiger partial charge >= 0.3 is 0 Å². The van der Waals surface area contributed by atoms with Crippen molar-refractivity contribution in [2.24, 2.45) is 0 Å². The van der Waals surface area contributed by atoms with Gasteiger partial charge in [-0.05, 0) is 0 Å². The summed E-state index contributed by atoms with van der Waals surface area (Å²) in [5.41, 5.74) is 0. The third kappa shape index (κ3) is 0.351. The van der Waals surface area contributed by atoms with E-state index in [2.05, 4.69) is 5.32 Å². The number of piperazine rings is 1. The lowest BCUT2D eigenvalue weighted by Crippen LogP contribution is -2.89. The molecule has 0 aromatic rings. The molecule has 0 aromatic heterocycles. The van der Waals surface area contributed by atoms with Crippen LogP contribution in [0.15, 0.2) is 0 Å². The van der Waals surface area contributed by atoms with Gasteiger partial charge in [-0.25, -0.2) is 0 Å². The number of ether oxygens (including phenoxy) is 1. The minimum atomic E-state index is 0.210. The van der Waals surface area contributed by atoms with Gasteiger partial charge in [0.1, 0.15) is 6.10 Å². The molecule has 4 rings (SSSR count). The van der Waals surface area contributed by atoms with Crippen molar-refractivity contribution in [3.63, 3.8) is 0 Å². The summed E-state index contributed by atoms with van der Waals surface area (Å²) in [6.45, 7) is 1.65. The Morgan fingerprint density at radius 1 is 1.33 bits per heavy atom. The molecule has 4 saturated heterocycles. The van der Waals surface area contributed by atoms with Gasteiger partial charge in [0, 0.05) is 6.92 Å². The van der Waals surface area contributed by atoms with Crippen LogP contribution in [0.5, 0.6) is 0 Å². The Morgan fingerprint density at radius 2 is 2.00 bits per heavy atom. The maximum Gasteiger partial charge on any atom is 0.220 e. The van der Waals surface area contributed by atoms with E-state index in [0.29, 0.717) is 36.4 Å². The van der Waals surface area contributed by atoms with Crippen LogP contribution in [0.1, 0.15) is 6.92 Å². The molecule has 4 nitrogen and oxygen atoms in total. The second-order valence-corrected chi connectivity index (χ2v) is 4.19. The highest BCUT2D eigenvalue weighted by atomic mass is 16.5. The SMILES string of the molecule is CC(=O)N1C2C3NC4C3OC2C41. The number of amides is 1. The summed E-state index contributed by atoms with van der Waals surface area (Å²) in [5, 5.41) is 3.44. The molecule has 1 amide bonds. The number of hydrogen-bond donors (Lipinski definition) is 1. The summed E-state index contributed by atoms with van der Waals surface area (Å²) in [6, 6.07) is 1.63. The van der Waals surface area contributed by atoms with Crippen LogP contribution >= 0.6 is 0 Å². The van der Waals surface area contributed by atoms with E-state index in [1.165, 1.54) is 0 Å². The molecular weight excluding hydrogens is 156 g/mol. The van der Waals surface area contributed by atoms with E-state index >= 15 is 0 Å². The standard InChI is InChI=1S/C8H10N2O2/c1-2(11)10-5-3-7-4(9-3)6(10)8(5)12-7/h3-9H,1H3. The maximum atomic E-state index is 11.2. The highest BCUT2D eigenvalue weighted by Crippen LogP contribution is 2.54. The summed E-state index contributed by atoms with van der Waals surface area (Å²) in [5.74, 6) is 0.210. The van der Waals surface area contributed by atoms with Crippen LogP contribution < -0.4 is 5.32 Å². The fraction of sp³-hybridized carbons (Fsp3) is 0.875. The van der Waals surface area contributed by atoms with E-state index in [0.717, 1.165) is 0 Å². The second kappa shape index (κ2) is 1.42. The van der Waals surface area contributed by atoms with Gasteiger partial charge in [-0.1, -0.05) is 0 Å². The molecule has 0 saturated carbocycles. The van der Waals surface area contributed by atoms with Crippen molar-refractivity contribution in [1.82, 2.24) is 10.2 Å². The molecule has 4 fully saturated rings. The van der Waals surface area contributed by atoms with Crippen LogP contribution in [0.25, 0.3) is 0 Å². The zero-order chi connectivity index (χ0) is 8.03. The minimum Gasteiger partial charge on any atom is -0.367 e. The molecule has 1 N–H and O–H groups in total. The molecule has 64 valence electrons. The number of nitrogens with zero attached hydrogens (tertiary/aromatic N) is 1. The lowest BCUT2D eigenvalue weighted by molar-refractivity contribution is -0.161. The Bertz CT molecular complexity index is 271. The number of hydrogen-bond acceptors (Lipinski definition) is 3. The Morgan fingerprint density at radius 3 is 2.42 bits per heavy atom. The zero-order valence-electron chi connectivity index (χ0n) is 6.73. The van der Waals surface area contributed by atoms with E-state index in [1.807, 2.05) is 4.90 Å². The van der Waals surface area contributed by atoms with Gasteiger partial charge in [0.25, 0.3) is 0 Å². The molecule has 0 aliphatic carbocycles. The highest BCUT2D eigenvalue weighted by Gasteiger charge is 2.77. The van der Waals surface area contributed by atoms with Gasteiger partial charge in [-0.2, -0.15) is 0 Å². The summed E-state index contributed by atoms with van der Waals surface area (Å²) < 4.78 is 5.72. The summed E-state index contributed by atoms with van der Waals surface area (Å²) >= 11 is 0. The molecule has 0 radical (unpaired) electrons. The third-order valence-electron chi connectivity index (χ3n) is 3.82. The molecule has 2 bridgehead atoms. The Kier molecular flexibility index (Phi) is 0.703. The van der Waals surface area contributed by atoms with Crippen molar-refractivity contribution in [3.8, 4) is 0 Å². The average Bonchev–Trinajstić information content (AvgIpc) is 2.34. The first-order valence-electron chi connectivity index (χ1n) is 4.49. The molecule has 4 heterocycles. The average molecular weight is 166 g/mol. The monoisotopic (exact) mass is 166 g/mol. The second-order valence-electron chi connectivity index (χ2n) is 4.19. The van der Waals surface area contributed by atoms with E-state index in [-0.39, 0.29) is 5.91 Å². The van der Waals surface area contributed by atoms with Crippen molar-refractivity contribution in [2.75, 3.05) is 0 Å². The quantitative estimate of drug-likeness (QED) is 0.486. The first-order chi connectivity index (χ1) is 5.79. The van der Waals surface area contributed by atoms with Crippen molar-refractivity contribution in [3.05, 3.63) is 0 Å². The fourth-order valence-corrected chi connectivity index (χ4v) is 3.40. The Labute approximate surface area is 69.9 Å². The van der Waals surface area contributed by atoms with E-state index in [1.54, 1.807) is 6.92 Å². The van der Waals surface area contributed by atoms with Gasteiger partial charge in [0.15, 0.2) is 0 Å². The summed E-state index contributed by atoms with van der Waals surface area (Å²) in [6.07, 6.45) is 0.802. The van der Waals surface area contributed by atoms with Crippen molar-refractivity contribution in [2.45, 2.75) is 43.3 Å². The van der Waals surface area contributed by atoms with Gasteiger partial charge in [0.05, 0.1) is 30.3 Å². The predicted octanol–water partition coefficient (Wildman–Crippen LogP) is -1.29. The van der Waals surface area contributed by atoms with E-state index in [9.17, 15) is 4.79 Å². The number of fused-ring (bicyclic) bond motifs is 2. The minimum absolute atomic E-state index is 0.210. The first-order valence-corrected chi connectivity index (χ1v) is 4.49. The van der Waals surface area contributed by atoms with Crippen LogP contribution in [0.3, 0.4) is 0 Å². The lowest BCUT2D eigenvalue weighted by Gasteiger charge is -2.63. The van der Waals surface area contributed by atoms with Crippen LogP contribution in [0.4, 0.5) is 0 Å². The van der Waals surface area contributed by atoms with Gasteiger partial charge < -0.3 is 15.0 Å². The van der Waals surface area contributed by atoms with Crippen molar-refractivity contribution < 1.29 is 9.53 Å². The largest absolute Gasteiger partial charge is 0.367 e. The van der Waals surface area contributed by atoms with Crippen LogP contribution in [0, 0.1) is 0 Å². The number of piperidine rings is 2. The Hall–Kier alpha value is -0.610. The smallest absolute Gasteiger partial charge is 0.220 e. The number of nitrogens with one attached hydrogen (secondary N) is 1. The summed E-state index contributed by atoms with van der Waals surface area (Å²) in [7, 11) is 0. The summed E-state index contributed by atoms with van der Waals surface area (Å²) in [4.78, 5) is 13.2. The molecular formula is C8H10N2O2. The maximum absolute atomic E-state index is 11.2. The normalized spacial score (nSPS) is 62.9. The fourth-order valence-electron chi connectivity index (χ4n) is 3.40. The van der Waals surface area contributed by atoms with E-state index < -0.39 is 0 Å². The van der Waals surface area contributed by atoms with Gasteiger partial charge in [0.2, 0.25) is 5.91 Å².